The summed E-state index contributed by atoms with van der Waals surface area (Å²) >= 11 is 0. The number of aromatic hydroxyl groups is 1. The highest BCUT2D eigenvalue weighted by atomic mass is 19.1. The van der Waals surface area contributed by atoms with E-state index in [4.69, 9.17) is 25.2 Å². The SMILES string of the molecule is CCc1c(F)ccc2cc(O)cc(-c3nc4c5c(nc(OCC67CCCN6CCC7)nc5c3F)N(C(C)c3cccnc3N)CCO4)c12. The zero-order chi connectivity index (χ0) is 33.2. The van der Waals surface area contributed by atoms with E-state index in [0.29, 0.717) is 52.9 Å². The number of nitrogens with zero attached hydrogens (tertiary/aromatic N) is 6. The lowest BCUT2D eigenvalue weighted by Crippen LogP contribution is -2.43. The topological polar surface area (TPSA) is 123 Å². The van der Waals surface area contributed by atoms with E-state index < -0.39 is 11.6 Å². The number of nitrogens with two attached hydrogens (primary N) is 1. The maximum atomic E-state index is 17.2. The molecule has 1 unspecified atom stereocenters. The molecule has 6 heterocycles. The molecule has 0 spiro atoms. The number of rotatable bonds is 7. The number of benzene rings is 2. The molecule has 12 heteroatoms. The van der Waals surface area contributed by atoms with Gasteiger partial charge in [-0.2, -0.15) is 9.97 Å². The van der Waals surface area contributed by atoms with Crippen LogP contribution in [0.3, 0.4) is 0 Å². The highest BCUT2D eigenvalue weighted by Gasteiger charge is 2.45. The molecule has 248 valence electrons. The van der Waals surface area contributed by atoms with Crippen LogP contribution in [0, 0.1) is 11.6 Å². The molecule has 0 saturated carbocycles. The first-order chi connectivity index (χ1) is 23.3. The second-order valence-electron chi connectivity index (χ2n) is 13.0. The van der Waals surface area contributed by atoms with Crippen LogP contribution in [-0.4, -0.2) is 68.3 Å². The molecular weight excluding hydrogens is 616 g/mol. The third kappa shape index (κ3) is 4.84. The number of nitrogen functional groups attached to an aromatic ring is 1. The fraction of sp³-hybridized carbons (Fsp3) is 0.389. The van der Waals surface area contributed by atoms with Gasteiger partial charge in [-0.15, -0.1) is 0 Å². The molecule has 0 aliphatic carbocycles. The van der Waals surface area contributed by atoms with Crippen molar-refractivity contribution in [3.63, 3.8) is 0 Å². The van der Waals surface area contributed by atoms with Crippen LogP contribution in [0.2, 0.25) is 0 Å². The van der Waals surface area contributed by atoms with E-state index in [0.717, 1.165) is 44.3 Å². The average molecular weight is 654 g/mol. The Labute approximate surface area is 276 Å². The Morgan fingerprint density at radius 2 is 1.88 bits per heavy atom. The molecule has 10 nitrogen and oxygen atoms in total. The first-order valence-electron chi connectivity index (χ1n) is 16.6. The van der Waals surface area contributed by atoms with Crippen molar-refractivity contribution in [2.24, 2.45) is 0 Å². The Kier molecular flexibility index (Phi) is 7.43. The quantitative estimate of drug-likeness (QED) is 0.206. The lowest BCUT2D eigenvalue weighted by atomic mass is 9.94. The Morgan fingerprint density at radius 1 is 1.06 bits per heavy atom. The summed E-state index contributed by atoms with van der Waals surface area (Å²) in [6.45, 7) is 6.87. The maximum absolute atomic E-state index is 17.2. The van der Waals surface area contributed by atoms with Gasteiger partial charge in [0.1, 0.15) is 53.0 Å². The minimum absolute atomic E-state index is 0.0357. The second-order valence-corrected chi connectivity index (χ2v) is 13.0. The zero-order valence-electron chi connectivity index (χ0n) is 27.0. The number of fused-ring (bicyclic) bond motifs is 2. The summed E-state index contributed by atoms with van der Waals surface area (Å²) in [6, 6.07) is 9.33. The first-order valence-corrected chi connectivity index (χ1v) is 16.6. The predicted molar refractivity (Wildman–Crippen MR) is 179 cm³/mol. The number of anilines is 2. The van der Waals surface area contributed by atoms with Crippen molar-refractivity contribution in [1.82, 2.24) is 24.8 Å². The van der Waals surface area contributed by atoms with Crippen molar-refractivity contribution < 1.29 is 23.4 Å². The summed E-state index contributed by atoms with van der Waals surface area (Å²) in [5.41, 5.74) is 7.50. The molecule has 3 aromatic heterocycles. The molecule has 2 saturated heterocycles. The summed E-state index contributed by atoms with van der Waals surface area (Å²) in [5.74, 6) is -0.338. The van der Waals surface area contributed by atoms with Gasteiger partial charge >= 0.3 is 6.01 Å². The number of hydrogen-bond donors (Lipinski definition) is 2. The standard InChI is InChI=1S/C36H37F2N7O3/c1-3-23-26(37)9-8-21-17-22(46)18-25(27(21)23)30-29(38)31-28-33(43-35(42-31)48-19-36-10-5-13-44(36)14-6-11-36)45(15-16-47-34(28)41-30)20(2)24-7-4-12-40-32(24)39/h4,7-9,12,17-18,20,46H,3,5-6,10-11,13-16,19H2,1-2H3,(H2,39,40). The van der Waals surface area contributed by atoms with Crippen molar-refractivity contribution in [3.8, 4) is 28.9 Å². The monoisotopic (exact) mass is 653 g/mol. The van der Waals surface area contributed by atoms with E-state index in [9.17, 15) is 5.11 Å². The lowest BCUT2D eigenvalue weighted by molar-refractivity contribution is 0.108. The predicted octanol–water partition coefficient (Wildman–Crippen LogP) is 6.34. The maximum Gasteiger partial charge on any atom is 0.319 e. The molecule has 3 N–H and O–H groups in total. The van der Waals surface area contributed by atoms with E-state index in [1.54, 1.807) is 12.3 Å². The third-order valence-electron chi connectivity index (χ3n) is 10.4. The molecule has 5 aromatic rings. The number of pyridine rings is 2. The Morgan fingerprint density at radius 3 is 2.65 bits per heavy atom. The van der Waals surface area contributed by atoms with Crippen LogP contribution in [0.25, 0.3) is 32.9 Å². The smallest absolute Gasteiger partial charge is 0.319 e. The van der Waals surface area contributed by atoms with E-state index in [1.165, 1.54) is 18.2 Å². The molecule has 8 rings (SSSR count). The van der Waals surface area contributed by atoms with Gasteiger partial charge in [0.05, 0.1) is 18.1 Å². The highest BCUT2D eigenvalue weighted by molar-refractivity contribution is 6.03. The van der Waals surface area contributed by atoms with Gasteiger partial charge in [0.25, 0.3) is 0 Å². The number of phenols is 1. The minimum atomic E-state index is -0.749. The fourth-order valence-corrected chi connectivity index (χ4v) is 8.03. The molecule has 1 atom stereocenters. The van der Waals surface area contributed by atoms with E-state index in [-0.39, 0.29) is 52.6 Å². The van der Waals surface area contributed by atoms with Crippen molar-refractivity contribution >= 4 is 33.3 Å². The van der Waals surface area contributed by atoms with Gasteiger partial charge in [0, 0.05) is 17.3 Å². The van der Waals surface area contributed by atoms with Gasteiger partial charge in [-0.3, -0.25) is 4.90 Å². The van der Waals surface area contributed by atoms with Gasteiger partial charge in [0.2, 0.25) is 5.88 Å². The van der Waals surface area contributed by atoms with Crippen molar-refractivity contribution in [2.45, 2.75) is 57.5 Å². The number of ether oxygens (including phenoxy) is 2. The fourth-order valence-electron chi connectivity index (χ4n) is 8.03. The molecule has 48 heavy (non-hydrogen) atoms. The molecule has 0 radical (unpaired) electrons. The molecule has 3 aliphatic rings. The molecule has 3 aliphatic heterocycles. The number of aryl methyl sites for hydroxylation is 1. The zero-order valence-corrected chi connectivity index (χ0v) is 27.0. The highest BCUT2D eigenvalue weighted by Crippen LogP contribution is 2.45. The van der Waals surface area contributed by atoms with Crippen LogP contribution in [0.4, 0.5) is 20.4 Å². The van der Waals surface area contributed by atoms with Crippen LogP contribution in [0.1, 0.15) is 56.7 Å². The number of phenolic OH excluding ortho intramolecular Hbond substituents is 1. The molecule has 0 bridgehead atoms. The van der Waals surface area contributed by atoms with Crippen LogP contribution >= 0.6 is 0 Å². The van der Waals surface area contributed by atoms with Crippen molar-refractivity contribution in [1.29, 1.82) is 0 Å². The van der Waals surface area contributed by atoms with Gasteiger partial charge in [-0.25, -0.2) is 18.7 Å². The Bertz CT molecular complexity index is 2070. The summed E-state index contributed by atoms with van der Waals surface area (Å²) in [5, 5.41) is 12.0. The summed E-state index contributed by atoms with van der Waals surface area (Å²) < 4.78 is 44.9. The molecule has 0 amide bonds. The third-order valence-corrected chi connectivity index (χ3v) is 10.4. The van der Waals surface area contributed by atoms with Gasteiger partial charge < -0.3 is 25.2 Å². The largest absolute Gasteiger partial charge is 0.508 e. The van der Waals surface area contributed by atoms with E-state index in [1.807, 2.05) is 30.9 Å². The molecular formula is C36H37F2N7O3. The van der Waals surface area contributed by atoms with Gasteiger partial charge in [-0.05, 0) is 92.7 Å². The normalized spacial score (nSPS) is 17.8. The second kappa shape index (κ2) is 11.7. The first kappa shape index (κ1) is 30.5. The molecule has 2 aromatic carbocycles. The van der Waals surface area contributed by atoms with Gasteiger partial charge in [-0.1, -0.05) is 19.1 Å². The Hall–Kier alpha value is -4.84. The van der Waals surface area contributed by atoms with Gasteiger partial charge in [0.15, 0.2) is 5.82 Å². The minimum Gasteiger partial charge on any atom is -0.508 e. The van der Waals surface area contributed by atoms with Crippen LogP contribution in [0.15, 0.2) is 42.6 Å². The van der Waals surface area contributed by atoms with Crippen LogP contribution < -0.4 is 20.1 Å². The number of hydrogen-bond acceptors (Lipinski definition) is 10. The van der Waals surface area contributed by atoms with Crippen molar-refractivity contribution in [2.75, 3.05) is 43.5 Å². The van der Waals surface area contributed by atoms with Crippen LogP contribution in [-0.2, 0) is 6.42 Å². The number of halogens is 2. The van der Waals surface area contributed by atoms with Crippen LogP contribution in [0.5, 0.6) is 17.6 Å². The number of aromatic nitrogens is 4. The summed E-state index contributed by atoms with van der Waals surface area (Å²) in [7, 11) is 0. The summed E-state index contributed by atoms with van der Waals surface area (Å²) in [4.78, 5) is 23.0. The van der Waals surface area contributed by atoms with E-state index >= 15 is 8.78 Å². The van der Waals surface area contributed by atoms with Crippen molar-refractivity contribution in [3.05, 3.63) is 65.4 Å². The summed E-state index contributed by atoms with van der Waals surface area (Å²) in [6.07, 6.45) is 6.25. The lowest BCUT2D eigenvalue weighted by Gasteiger charge is -2.32. The van der Waals surface area contributed by atoms with E-state index in [2.05, 4.69) is 14.9 Å². The Balaban J connectivity index is 1.34. The average Bonchev–Trinajstić information content (AvgIpc) is 3.61. The molecule has 2 fully saturated rings.